The summed E-state index contributed by atoms with van der Waals surface area (Å²) in [6.07, 6.45) is 0.655. The topological polar surface area (TPSA) is 85.5 Å². The number of aryl methyl sites for hydroxylation is 3. The van der Waals surface area contributed by atoms with Gasteiger partial charge in [0.25, 0.3) is 5.89 Å². The molecule has 4 rings (SSSR count). The van der Waals surface area contributed by atoms with Crippen LogP contribution in [0.1, 0.15) is 40.7 Å². The molecule has 7 nitrogen and oxygen atoms in total. The van der Waals surface area contributed by atoms with Crippen LogP contribution in [-0.2, 0) is 16.6 Å². The van der Waals surface area contributed by atoms with Gasteiger partial charge in [0.2, 0.25) is 10.0 Å². The maximum Gasteiger partial charge on any atom is 0.264 e. The molecule has 0 amide bonds. The smallest absolute Gasteiger partial charge is 0.264 e. The number of ether oxygens (including phenoxy) is 1. The van der Waals surface area contributed by atoms with E-state index in [9.17, 15) is 8.42 Å². The molecule has 0 spiro atoms. The second-order valence-electron chi connectivity index (χ2n) is 7.77. The summed E-state index contributed by atoms with van der Waals surface area (Å²) in [7, 11) is -3.55. The van der Waals surface area contributed by atoms with Gasteiger partial charge in [-0.3, -0.25) is 0 Å². The van der Waals surface area contributed by atoms with Crippen molar-refractivity contribution in [2.45, 2.75) is 44.6 Å². The Morgan fingerprint density at radius 3 is 2.60 bits per heavy atom. The lowest BCUT2D eigenvalue weighted by atomic mass is 10.1. The number of hydrogen-bond donors (Lipinski definition) is 0. The highest BCUT2D eigenvalue weighted by Gasteiger charge is 2.36. The summed E-state index contributed by atoms with van der Waals surface area (Å²) in [6.45, 7) is 6.68. The normalized spacial score (nSPS) is 17.4. The van der Waals surface area contributed by atoms with Gasteiger partial charge in [-0.25, -0.2) is 8.42 Å². The summed E-state index contributed by atoms with van der Waals surface area (Å²) < 4.78 is 38.7. The van der Waals surface area contributed by atoms with Crippen molar-refractivity contribution in [3.8, 4) is 5.75 Å². The van der Waals surface area contributed by atoms with Crippen molar-refractivity contribution in [1.82, 2.24) is 14.4 Å². The van der Waals surface area contributed by atoms with Gasteiger partial charge in [0, 0.05) is 19.0 Å². The van der Waals surface area contributed by atoms with Crippen molar-refractivity contribution in [1.29, 1.82) is 0 Å². The first-order valence-electron chi connectivity index (χ1n) is 9.92. The Kier molecular flexibility index (Phi) is 5.62. The maximum absolute atomic E-state index is 13.1. The van der Waals surface area contributed by atoms with E-state index in [-0.39, 0.29) is 12.5 Å². The van der Waals surface area contributed by atoms with Crippen LogP contribution in [0.25, 0.3) is 0 Å². The van der Waals surface area contributed by atoms with Crippen LogP contribution in [0.2, 0.25) is 0 Å². The largest absolute Gasteiger partial charge is 0.484 e. The zero-order chi connectivity index (χ0) is 21.3. The number of hydrogen-bond acceptors (Lipinski definition) is 6. The molecule has 0 bridgehead atoms. The zero-order valence-electron chi connectivity index (χ0n) is 17.3. The van der Waals surface area contributed by atoms with Crippen LogP contribution in [0.4, 0.5) is 0 Å². The molecular weight excluding hydrogens is 402 g/mol. The molecule has 1 saturated heterocycles. The molecule has 0 N–H and O–H groups in total. The third-order valence-electron chi connectivity index (χ3n) is 5.34. The van der Waals surface area contributed by atoms with Gasteiger partial charge in [-0.2, -0.15) is 9.29 Å². The summed E-state index contributed by atoms with van der Waals surface area (Å²) in [6, 6.07) is 13.2. The molecule has 2 heterocycles. The van der Waals surface area contributed by atoms with Crippen LogP contribution in [0.15, 0.2) is 51.9 Å². The van der Waals surface area contributed by atoms with Gasteiger partial charge in [0.05, 0.1) is 4.90 Å². The summed E-state index contributed by atoms with van der Waals surface area (Å²) >= 11 is 0. The summed E-state index contributed by atoms with van der Waals surface area (Å²) in [5.41, 5.74) is 2.83. The van der Waals surface area contributed by atoms with Crippen LogP contribution in [0.3, 0.4) is 0 Å². The molecule has 0 saturated carbocycles. The first-order valence-corrected chi connectivity index (χ1v) is 11.4. The molecule has 8 heteroatoms. The number of aromatic nitrogens is 2. The fourth-order valence-electron chi connectivity index (χ4n) is 3.55. The van der Waals surface area contributed by atoms with Crippen LogP contribution in [0, 0.1) is 20.8 Å². The molecule has 1 unspecified atom stereocenters. The second kappa shape index (κ2) is 8.20. The molecule has 30 heavy (non-hydrogen) atoms. The Morgan fingerprint density at radius 2 is 1.83 bits per heavy atom. The first-order chi connectivity index (χ1) is 14.3. The molecule has 1 aliphatic heterocycles. The Bertz CT molecular complexity index is 1140. The molecule has 1 atom stereocenters. The van der Waals surface area contributed by atoms with Crippen molar-refractivity contribution in [3.63, 3.8) is 0 Å². The van der Waals surface area contributed by atoms with E-state index in [1.54, 1.807) is 6.07 Å². The summed E-state index contributed by atoms with van der Waals surface area (Å²) in [5, 5.41) is 4.06. The Hall–Kier alpha value is -2.71. The summed E-state index contributed by atoms with van der Waals surface area (Å²) in [5.74, 6) is 1.53. The third kappa shape index (κ3) is 4.24. The van der Waals surface area contributed by atoms with Crippen LogP contribution in [-0.4, -0.2) is 36.0 Å². The first kappa shape index (κ1) is 20.6. The minimum Gasteiger partial charge on any atom is -0.484 e. The maximum atomic E-state index is 13.1. The van der Waals surface area contributed by atoms with Crippen LogP contribution in [0.5, 0.6) is 5.75 Å². The Balaban J connectivity index is 1.42. The van der Waals surface area contributed by atoms with Gasteiger partial charge in [0.1, 0.15) is 5.75 Å². The predicted octanol–water partition coefficient (Wildman–Crippen LogP) is 3.75. The lowest BCUT2D eigenvalue weighted by Gasteiger charge is -2.18. The average Bonchev–Trinajstić information content (AvgIpc) is 3.39. The Morgan fingerprint density at radius 1 is 1.10 bits per heavy atom. The zero-order valence-corrected chi connectivity index (χ0v) is 18.1. The van der Waals surface area contributed by atoms with Gasteiger partial charge in [0.15, 0.2) is 12.4 Å². The standard InChI is InChI=1S/C22H25N3O4S/c1-15-5-8-19(9-6-15)28-14-21-23-22(24-29-21)18-10-11-25(13-18)30(26,27)20-12-16(2)4-7-17(20)3/h4-9,12,18H,10-11,13-14H2,1-3H3. The monoisotopic (exact) mass is 427 g/mol. The van der Waals surface area contributed by atoms with Crippen LogP contribution >= 0.6 is 0 Å². The molecule has 1 aliphatic rings. The van der Waals surface area contributed by atoms with Crippen molar-refractivity contribution < 1.29 is 17.7 Å². The molecule has 2 aromatic carbocycles. The number of benzene rings is 2. The second-order valence-corrected chi connectivity index (χ2v) is 9.67. The Labute approximate surface area is 176 Å². The van der Waals surface area contributed by atoms with E-state index in [0.717, 1.165) is 22.4 Å². The summed E-state index contributed by atoms with van der Waals surface area (Å²) in [4.78, 5) is 4.79. The molecule has 3 aromatic rings. The van der Waals surface area contributed by atoms with Crippen molar-refractivity contribution in [2.24, 2.45) is 0 Å². The number of nitrogens with zero attached hydrogens (tertiary/aromatic N) is 3. The third-order valence-corrected chi connectivity index (χ3v) is 7.35. The highest BCUT2D eigenvalue weighted by molar-refractivity contribution is 7.89. The van der Waals surface area contributed by atoms with E-state index in [0.29, 0.717) is 36.1 Å². The SMILES string of the molecule is Cc1ccc(OCc2nc(C3CCN(S(=O)(=O)c4cc(C)ccc4C)C3)no2)cc1. The van der Waals surface area contributed by atoms with E-state index >= 15 is 0 Å². The van der Waals surface area contributed by atoms with E-state index in [1.165, 1.54) is 4.31 Å². The lowest BCUT2D eigenvalue weighted by molar-refractivity contribution is 0.242. The number of sulfonamides is 1. The highest BCUT2D eigenvalue weighted by Crippen LogP contribution is 2.31. The minimum absolute atomic E-state index is 0.0956. The van der Waals surface area contributed by atoms with E-state index in [4.69, 9.17) is 9.26 Å². The average molecular weight is 428 g/mol. The molecule has 1 fully saturated rings. The van der Waals surface area contributed by atoms with Gasteiger partial charge in [-0.05, 0) is 56.5 Å². The molecule has 0 radical (unpaired) electrons. The van der Waals surface area contributed by atoms with E-state index in [2.05, 4.69) is 10.1 Å². The van der Waals surface area contributed by atoms with Crippen molar-refractivity contribution in [2.75, 3.05) is 13.1 Å². The van der Waals surface area contributed by atoms with Gasteiger partial charge >= 0.3 is 0 Å². The quantitative estimate of drug-likeness (QED) is 0.596. The predicted molar refractivity (Wildman–Crippen MR) is 112 cm³/mol. The molecule has 158 valence electrons. The van der Waals surface area contributed by atoms with Gasteiger partial charge < -0.3 is 9.26 Å². The minimum atomic E-state index is -3.55. The van der Waals surface area contributed by atoms with E-state index in [1.807, 2.05) is 57.2 Å². The van der Waals surface area contributed by atoms with E-state index < -0.39 is 10.0 Å². The molecule has 1 aromatic heterocycles. The highest BCUT2D eigenvalue weighted by atomic mass is 32.2. The molecular formula is C22H25N3O4S. The lowest BCUT2D eigenvalue weighted by Crippen LogP contribution is -2.29. The van der Waals surface area contributed by atoms with Crippen molar-refractivity contribution in [3.05, 3.63) is 70.9 Å². The fraction of sp³-hybridized carbons (Fsp3) is 0.364. The molecule has 0 aliphatic carbocycles. The van der Waals surface area contributed by atoms with Crippen LogP contribution < -0.4 is 4.74 Å². The number of rotatable bonds is 6. The van der Waals surface area contributed by atoms with Gasteiger partial charge in [-0.15, -0.1) is 0 Å². The van der Waals surface area contributed by atoms with Crippen molar-refractivity contribution >= 4 is 10.0 Å². The van der Waals surface area contributed by atoms with Gasteiger partial charge in [-0.1, -0.05) is 35.0 Å². The fourth-order valence-corrected chi connectivity index (χ4v) is 5.36.